The molecular formula is C23H30N4O3S. The second-order valence-corrected chi connectivity index (χ2v) is 10.1. The maximum Gasteiger partial charge on any atom is 0.241 e. The molecule has 166 valence electrons. The van der Waals surface area contributed by atoms with E-state index in [9.17, 15) is 18.5 Å². The van der Waals surface area contributed by atoms with E-state index in [4.69, 9.17) is 0 Å². The van der Waals surface area contributed by atoms with E-state index in [-0.39, 0.29) is 17.2 Å². The molecule has 0 radical (unpaired) electrons. The first kappa shape index (κ1) is 23.0. The lowest BCUT2D eigenvalue weighted by Gasteiger charge is -2.33. The van der Waals surface area contributed by atoms with Crippen molar-refractivity contribution in [1.82, 2.24) is 14.2 Å². The maximum atomic E-state index is 13.3. The predicted octanol–water partition coefficient (Wildman–Crippen LogP) is 2.97. The van der Waals surface area contributed by atoms with Gasteiger partial charge in [0.05, 0.1) is 4.90 Å². The highest BCUT2D eigenvalue weighted by molar-refractivity contribution is 7.89. The van der Waals surface area contributed by atoms with Gasteiger partial charge in [-0.25, -0.2) is 8.42 Å². The third-order valence-corrected chi connectivity index (χ3v) is 7.54. The smallest absolute Gasteiger partial charge is 0.241 e. The fourth-order valence-corrected chi connectivity index (χ4v) is 5.46. The fraction of sp³-hybridized carbons (Fsp3) is 0.478. The summed E-state index contributed by atoms with van der Waals surface area (Å²) in [5.74, 6) is 0.360. The molecule has 7 nitrogen and oxygen atoms in total. The molecule has 0 aliphatic carbocycles. The largest absolute Gasteiger partial charge is 0.341 e. The molecule has 0 spiro atoms. The molecule has 3 rings (SSSR count). The Hall–Kier alpha value is -2.63. The fourth-order valence-electron chi connectivity index (χ4n) is 3.91. The summed E-state index contributed by atoms with van der Waals surface area (Å²) < 4.78 is 30.8. The number of carbonyl (C=O) groups excluding carboxylic acids is 1. The number of amides is 1. The zero-order chi connectivity index (χ0) is 22.6. The van der Waals surface area contributed by atoms with E-state index < -0.39 is 16.1 Å². The summed E-state index contributed by atoms with van der Waals surface area (Å²) in [6, 6.07) is 9.94. The molecule has 2 aromatic rings. The molecule has 1 N–H and O–H groups in total. The topological polar surface area (TPSA) is 95.2 Å². The lowest BCUT2D eigenvalue weighted by Crippen LogP contribution is -2.51. The Balaban J connectivity index is 1.84. The highest BCUT2D eigenvalue weighted by Gasteiger charge is 2.31. The number of rotatable bonds is 7. The van der Waals surface area contributed by atoms with E-state index in [0.29, 0.717) is 36.8 Å². The third kappa shape index (κ3) is 5.54. The average molecular weight is 443 g/mol. The second-order valence-electron chi connectivity index (χ2n) is 8.44. The number of nitrogens with zero attached hydrogens (tertiary/aromatic N) is 3. The van der Waals surface area contributed by atoms with Crippen molar-refractivity contribution in [1.29, 1.82) is 5.26 Å². The van der Waals surface area contributed by atoms with Crippen molar-refractivity contribution in [2.45, 2.75) is 57.5 Å². The van der Waals surface area contributed by atoms with Crippen LogP contribution in [0.5, 0.6) is 0 Å². The first-order chi connectivity index (χ1) is 14.7. The van der Waals surface area contributed by atoms with E-state index in [1.165, 1.54) is 0 Å². The SMILES string of the molecule is Cc1ccc(C)c(S(=O)(=O)NC(CCn2cccc2C#N)C(=O)N2CCC(C)CC2)c1. The van der Waals surface area contributed by atoms with Crippen LogP contribution in [0.4, 0.5) is 0 Å². The van der Waals surface area contributed by atoms with Crippen LogP contribution in [0.3, 0.4) is 0 Å². The molecule has 1 fully saturated rings. The van der Waals surface area contributed by atoms with Crippen molar-refractivity contribution in [2.24, 2.45) is 5.92 Å². The van der Waals surface area contributed by atoms with Gasteiger partial charge in [-0.1, -0.05) is 19.1 Å². The number of nitrogens with one attached hydrogen (secondary N) is 1. The van der Waals surface area contributed by atoms with Crippen molar-refractivity contribution in [3.63, 3.8) is 0 Å². The molecule has 1 aromatic heterocycles. The molecule has 2 heterocycles. The van der Waals surface area contributed by atoms with Crippen molar-refractivity contribution in [2.75, 3.05) is 13.1 Å². The number of hydrogen-bond acceptors (Lipinski definition) is 4. The molecule has 1 amide bonds. The van der Waals surface area contributed by atoms with Crippen molar-refractivity contribution >= 4 is 15.9 Å². The number of carbonyl (C=O) groups is 1. The zero-order valence-corrected chi connectivity index (χ0v) is 19.2. The van der Waals surface area contributed by atoms with Crippen molar-refractivity contribution < 1.29 is 13.2 Å². The average Bonchev–Trinajstić information content (AvgIpc) is 3.20. The summed E-state index contributed by atoms with van der Waals surface area (Å²) in [7, 11) is -3.89. The van der Waals surface area contributed by atoms with Crippen LogP contribution in [-0.2, 0) is 21.4 Å². The van der Waals surface area contributed by atoms with Gasteiger partial charge in [-0.3, -0.25) is 4.79 Å². The van der Waals surface area contributed by atoms with E-state index in [1.54, 1.807) is 46.9 Å². The number of hydrogen-bond donors (Lipinski definition) is 1. The summed E-state index contributed by atoms with van der Waals surface area (Å²) in [6.45, 7) is 7.38. The van der Waals surface area contributed by atoms with Crippen LogP contribution in [0.15, 0.2) is 41.4 Å². The van der Waals surface area contributed by atoms with Crippen LogP contribution in [0.25, 0.3) is 0 Å². The van der Waals surface area contributed by atoms with Gasteiger partial charge in [0.25, 0.3) is 0 Å². The molecule has 1 saturated heterocycles. The molecule has 1 unspecified atom stereocenters. The van der Waals surface area contributed by atoms with Gasteiger partial charge in [0.2, 0.25) is 15.9 Å². The predicted molar refractivity (Wildman–Crippen MR) is 119 cm³/mol. The van der Waals surface area contributed by atoms with Gasteiger partial charge in [0.15, 0.2) is 0 Å². The van der Waals surface area contributed by atoms with E-state index >= 15 is 0 Å². The van der Waals surface area contributed by atoms with Crippen LogP contribution < -0.4 is 4.72 Å². The number of benzene rings is 1. The Morgan fingerprint density at radius 2 is 1.97 bits per heavy atom. The monoisotopic (exact) mass is 442 g/mol. The molecule has 1 atom stereocenters. The summed E-state index contributed by atoms with van der Waals surface area (Å²) in [5, 5.41) is 9.24. The Bertz CT molecular complexity index is 1080. The Morgan fingerprint density at radius 1 is 1.26 bits per heavy atom. The first-order valence-electron chi connectivity index (χ1n) is 10.6. The van der Waals surface area contributed by atoms with Gasteiger partial charge in [-0.05, 0) is 68.4 Å². The van der Waals surface area contributed by atoms with Crippen molar-refractivity contribution in [3.05, 3.63) is 53.3 Å². The van der Waals surface area contributed by atoms with Crippen LogP contribution in [0.2, 0.25) is 0 Å². The van der Waals surface area contributed by atoms with Gasteiger partial charge >= 0.3 is 0 Å². The quantitative estimate of drug-likeness (QED) is 0.713. The van der Waals surface area contributed by atoms with Crippen molar-refractivity contribution in [3.8, 4) is 6.07 Å². The van der Waals surface area contributed by atoms with Gasteiger partial charge in [-0.2, -0.15) is 9.98 Å². The molecule has 0 bridgehead atoms. The van der Waals surface area contributed by atoms with Crippen LogP contribution in [-0.4, -0.2) is 42.9 Å². The Labute approximate surface area is 184 Å². The highest BCUT2D eigenvalue weighted by Crippen LogP contribution is 2.20. The van der Waals surface area contributed by atoms with Gasteiger partial charge in [0, 0.05) is 25.8 Å². The molecule has 31 heavy (non-hydrogen) atoms. The number of nitriles is 1. The maximum absolute atomic E-state index is 13.3. The summed E-state index contributed by atoms with van der Waals surface area (Å²) in [4.78, 5) is 15.3. The van der Waals surface area contributed by atoms with Gasteiger partial charge < -0.3 is 9.47 Å². The standard InChI is InChI=1S/C23H30N4O3S/c1-17-8-12-27(13-9-17)23(28)21(10-14-26-11-4-5-20(26)16-24)25-31(29,30)22-15-18(2)6-7-19(22)3/h4-7,11,15,17,21,25H,8-10,12-14H2,1-3H3. The lowest BCUT2D eigenvalue weighted by molar-refractivity contribution is -0.134. The second kappa shape index (κ2) is 9.67. The van der Waals surface area contributed by atoms with E-state index in [0.717, 1.165) is 18.4 Å². The van der Waals surface area contributed by atoms with Gasteiger partial charge in [0.1, 0.15) is 17.8 Å². The minimum Gasteiger partial charge on any atom is -0.341 e. The molecular weight excluding hydrogens is 412 g/mol. The molecule has 1 aliphatic rings. The van der Waals surface area contributed by atoms with Gasteiger partial charge in [-0.15, -0.1) is 0 Å². The van der Waals surface area contributed by atoms with E-state index in [2.05, 4.69) is 17.7 Å². The molecule has 8 heteroatoms. The zero-order valence-electron chi connectivity index (χ0n) is 18.3. The van der Waals surface area contributed by atoms with Crippen LogP contribution in [0.1, 0.15) is 43.0 Å². The minimum absolute atomic E-state index is 0.191. The Morgan fingerprint density at radius 3 is 2.65 bits per heavy atom. The van der Waals surface area contributed by atoms with E-state index in [1.807, 2.05) is 13.0 Å². The summed E-state index contributed by atoms with van der Waals surface area (Å²) in [5.41, 5.74) is 1.95. The summed E-state index contributed by atoms with van der Waals surface area (Å²) >= 11 is 0. The third-order valence-electron chi connectivity index (χ3n) is 5.93. The number of likely N-dealkylation sites (tertiary alicyclic amines) is 1. The number of sulfonamides is 1. The molecule has 0 saturated carbocycles. The van der Waals surface area contributed by atoms with Crippen LogP contribution >= 0.6 is 0 Å². The number of aromatic nitrogens is 1. The Kier molecular flexibility index (Phi) is 7.19. The minimum atomic E-state index is -3.89. The molecule has 1 aliphatic heterocycles. The number of aryl methyl sites for hydroxylation is 3. The van der Waals surface area contributed by atoms with Crippen LogP contribution in [0, 0.1) is 31.1 Å². The number of piperidine rings is 1. The first-order valence-corrected chi connectivity index (χ1v) is 12.1. The lowest BCUT2D eigenvalue weighted by atomic mass is 9.98. The highest BCUT2D eigenvalue weighted by atomic mass is 32.2. The molecule has 1 aromatic carbocycles. The summed E-state index contributed by atoms with van der Waals surface area (Å²) in [6.07, 6.45) is 3.86. The normalized spacial score (nSPS) is 16.1.